The lowest BCUT2D eigenvalue weighted by molar-refractivity contribution is 0.789. The molecule has 0 aromatic heterocycles. The van der Waals surface area contributed by atoms with Gasteiger partial charge in [-0.25, -0.2) is 0 Å². The zero-order valence-corrected chi connectivity index (χ0v) is 7.12. The largest absolute Gasteiger partial charge is 0.399 e. The Labute approximate surface area is 72.6 Å². The van der Waals surface area contributed by atoms with E-state index in [0.29, 0.717) is 6.42 Å². The van der Waals surface area contributed by atoms with Crippen LogP contribution in [0.4, 0.5) is 5.69 Å². The molecule has 1 atom stereocenters. The molecule has 1 aromatic carbocycles. The van der Waals surface area contributed by atoms with E-state index in [1.165, 1.54) is 0 Å². The second-order valence-electron chi connectivity index (χ2n) is 2.93. The van der Waals surface area contributed by atoms with Gasteiger partial charge in [0, 0.05) is 12.1 Å². The summed E-state index contributed by atoms with van der Waals surface area (Å²) in [5.74, 6) is 0.276. The summed E-state index contributed by atoms with van der Waals surface area (Å²) >= 11 is 0. The van der Waals surface area contributed by atoms with Gasteiger partial charge in [-0.1, -0.05) is 19.1 Å². The third kappa shape index (κ3) is 2.00. The molecule has 0 aliphatic rings. The van der Waals surface area contributed by atoms with Crippen LogP contribution in [-0.4, -0.2) is 0 Å². The Hall–Kier alpha value is -1.49. The monoisotopic (exact) mass is 160 g/mol. The second kappa shape index (κ2) is 3.77. The molecule has 0 aliphatic carbocycles. The molecule has 0 saturated heterocycles. The Bertz CT molecular complexity index is 299. The van der Waals surface area contributed by atoms with Gasteiger partial charge in [-0.15, -0.1) is 0 Å². The fourth-order valence-corrected chi connectivity index (χ4v) is 1.12. The van der Waals surface area contributed by atoms with E-state index >= 15 is 0 Å². The van der Waals surface area contributed by atoms with Crippen molar-refractivity contribution >= 4 is 5.69 Å². The third-order valence-electron chi connectivity index (χ3n) is 1.88. The van der Waals surface area contributed by atoms with Gasteiger partial charge in [0.15, 0.2) is 0 Å². The summed E-state index contributed by atoms with van der Waals surface area (Å²) in [7, 11) is 0. The Morgan fingerprint density at radius 2 is 2.33 bits per heavy atom. The number of nitriles is 1. The van der Waals surface area contributed by atoms with Crippen LogP contribution in [0.5, 0.6) is 0 Å². The number of nitrogens with two attached hydrogens (primary N) is 1. The van der Waals surface area contributed by atoms with Gasteiger partial charge in [-0.05, 0) is 23.6 Å². The van der Waals surface area contributed by atoms with Crippen molar-refractivity contribution in [2.24, 2.45) is 0 Å². The summed E-state index contributed by atoms with van der Waals surface area (Å²) in [6.07, 6.45) is 0.545. The maximum Gasteiger partial charge on any atom is 0.0628 e. The number of benzene rings is 1. The van der Waals surface area contributed by atoms with Crippen LogP contribution in [0.3, 0.4) is 0 Å². The van der Waals surface area contributed by atoms with Gasteiger partial charge in [0.05, 0.1) is 6.07 Å². The summed E-state index contributed by atoms with van der Waals surface area (Å²) in [6.45, 7) is 2.03. The predicted octanol–water partition coefficient (Wildman–Crippen LogP) is 2.29. The Kier molecular flexibility index (Phi) is 2.71. The molecule has 0 saturated carbocycles. The highest BCUT2D eigenvalue weighted by Gasteiger charge is 2.03. The number of rotatable bonds is 2. The van der Waals surface area contributed by atoms with Gasteiger partial charge in [0.25, 0.3) is 0 Å². The molecule has 0 bridgehead atoms. The molecule has 0 amide bonds. The molecule has 0 fully saturated rings. The first kappa shape index (κ1) is 8.61. The van der Waals surface area contributed by atoms with E-state index in [-0.39, 0.29) is 5.92 Å². The van der Waals surface area contributed by atoms with Crippen LogP contribution in [0, 0.1) is 11.3 Å². The molecule has 62 valence electrons. The van der Waals surface area contributed by atoms with Crippen LogP contribution >= 0.6 is 0 Å². The maximum atomic E-state index is 8.49. The van der Waals surface area contributed by atoms with Crippen LogP contribution in [0.1, 0.15) is 24.8 Å². The van der Waals surface area contributed by atoms with E-state index in [0.717, 1.165) is 11.3 Å². The lowest BCUT2D eigenvalue weighted by Gasteiger charge is -2.07. The molecule has 2 N–H and O–H groups in total. The normalized spacial score (nSPS) is 12.0. The Morgan fingerprint density at radius 3 is 2.92 bits per heavy atom. The smallest absolute Gasteiger partial charge is 0.0628 e. The number of hydrogen-bond donors (Lipinski definition) is 1. The van der Waals surface area contributed by atoms with Gasteiger partial charge in [0.1, 0.15) is 0 Å². The van der Waals surface area contributed by atoms with Crippen molar-refractivity contribution in [2.45, 2.75) is 19.3 Å². The van der Waals surface area contributed by atoms with Crippen molar-refractivity contribution < 1.29 is 0 Å². The minimum absolute atomic E-state index is 0.276. The van der Waals surface area contributed by atoms with Crippen LogP contribution < -0.4 is 5.73 Å². The summed E-state index contributed by atoms with van der Waals surface area (Å²) < 4.78 is 0. The van der Waals surface area contributed by atoms with Crippen molar-refractivity contribution in [3.63, 3.8) is 0 Å². The third-order valence-corrected chi connectivity index (χ3v) is 1.88. The topological polar surface area (TPSA) is 49.8 Å². The van der Waals surface area contributed by atoms with Crippen molar-refractivity contribution in [2.75, 3.05) is 5.73 Å². The molecular weight excluding hydrogens is 148 g/mol. The quantitative estimate of drug-likeness (QED) is 0.675. The highest BCUT2D eigenvalue weighted by atomic mass is 14.5. The Balaban J connectivity index is 2.82. The van der Waals surface area contributed by atoms with Gasteiger partial charge >= 0.3 is 0 Å². The lowest BCUT2D eigenvalue weighted by Crippen LogP contribution is -1.93. The predicted molar refractivity (Wildman–Crippen MR) is 49.5 cm³/mol. The number of hydrogen-bond acceptors (Lipinski definition) is 2. The second-order valence-corrected chi connectivity index (χ2v) is 2.93. The zero-order chi connectivity index (χ0) is 8.97. The van der Waals surface area contributed by atoms with Crippen LogP contribution in [0.25, 0.3) is 0 Å². The fourth-order valence-electron chi connectivity index (χ4n) is 1.12. The molecule has 12 heavy (non-hydrogen) atoms. The average Bonchev–Trinajstić information content (AvgIpc) is 2.05. The first-order valence-corrected chi connectivity index (χ1v) is 3.96. The number of nitrogens with zero attached hydrogens (tertiary/aromatic N) is 1. The molecule has 1 aromatic rings. The van der Waals surface area contributed by atoms with E-state index in [9.17, 15) is 0 Å². The Morgan fingerprint density at radius 1 is 1.58 bits per heavy atom. The molecule has 0 heterocycles. The maximum absolute atomic E-state index is 8.49. The van der Waals surface area contributed by atoms with E-state index in [1.54, 1.807) is 0 Å². The van der Waals surface area contributed by atoms with E-state index < -0.39 is 0 Å². The molecule has 0 spiro atoms. The first-order chi connectivity index (χ1) is 5.74. The summed E-state index contributed by atoms with van der Waals surface area (Å²) in [6, 6.07) is 9.83. The summed E-state index contributed by atoms with van der Waals surface area (Å²) in [5.41, 5.74) is 7.51. The van der Waals surface area contributed by atoms with Crippen molar-refractivity contribution in [1.82, 2.24) is 0 Å². The summed E-state index contributed by atoms with van der Waals surface area (Å²) in [4.78, 5) is 0. The molecule has 0 radical (unpaired) electrons. The molecule has 1 rings (SSSR count). The minimum atomic E-state index is 0.276. The summed E-state index contributed by atoms with van der Waals surface area (Å²) in [5, 5.41) is 8.49. The lowest BCUT2D eigenvalue weighted by atomic mass is 9.98. The van der Waals surface area contributed by atoms with Gasteiger partial charge in [0.2, 0.25) is 0 Å². The molecule has 2 nitrogen and oxygen atoms in total. The van der Waals surface area contributed by atoms with Crippen molar-refractivity contribution in [1.29, 1.82) is 5.26 Å². The van der Waals surface area contributed by atoms with Crippen molar-refractivity contribution in [3.05, 3.63) is 29.8 Å². The highest BCUT2D eigenvalue weighted by molar-refractivity contribution is 5.41. The number of nitrogen functional groups attached to an aromatic ring is 1. The zero-order valence-electron chi connectivity index (χ0n) is 7.12. The fraction of sp³-hybridized carbons (Fsp3) is 0.300. The van der Waals surface area contributed by atoms with Crippen LogP contribution in [-0.2, 0) is 0 Å². The highest BCUT2D eigenvalue weighted by Crippen LogP contribution is 2.19. The molecular formula is C10H12N2. The number of anilines is 1. The van der Waals surface area contributed by atoms with Crippen LogP contribution in [0.15, 0.2) is 24.3 Å². The van der Waals surface area contributed by atoms with E-state index in [4.69, 9.17) is 11.0 Å². The first-order valence-electron chi connectivity index (χ1n) is 3.96. The SMILES string of the molecule is C[C@H](CC#N)c1cccc(N)c1. The average molecular weight is 160 g/mol. The van der Waals surface area contributed by atoms with Crippen molar-refractivity contribution in [3.8, 4) is 6.07 Å². The van der Waals surface area contributed by atoms with Gasteiger partial charge in [-0.2, -0.15) is 5.26 Å². The molecule has 0 unspecified atom stereocenters. The van der Waals surface area contributed by atoms with E-state index in [2.05, 4.69) is 6.07 Å². The minimum Gasteiger partial charge on any atom is -0.399 e. The van der Waals surface area contributed by atoms with Gasteiger partial charge < -0.3 is 5.73 Å². The standard InChI is InChI=1S/C10H12N2/c1-8(5-6-11)9-3-2-4-10(12)7-9/h2-4,7-8H,5,12H2,1H3/t8-/m1/s1. The molecule has 0 aliphatic heterocycles. The molecule has 2 heteroatoms. The van der Waals surface area contributed by atoms with E-state index in [1.807, 2.05) is 31.2 Å². The van der Waals surface area contributed by atoms with Gasteiger partial charge in [-0.3, -0.25) is 0 Å². The van der Waals surface area contributed by atoms with Crippen LogP contribution in [0.2, 0.25) is 0 Å².